The van der Waals surface area contributed by atoms with Crippen LogP contribution in [0.2, 0.25) is 0 Å². The summed E-state index contributed by atoms with van der Waals surface area (Å²) in [5.74, 6) is -1.46. The molecular formula is C46H70O9. The number of hydrogen-bond acceptors (Lipinski definition) is 9. The van der Waals surface area contributed by atoms with Crippen LogP contribution in [0.25, 0.3) is 0 Å². The number of esters is 3. The molecule has 0 radical (unpaired) electrons. The van der Waals surface area contributed by atoms with Gasteiger partial charge in [-0.25, -0.2) is 14.4 Å². The highest BCUT2D eigenvalue weighted by Crippen LogP contribution is 2.76. The van der Waals surface area contributed by atoms with Crippen LogP contribution in [0.1, 0.15) is 135 Å². The summed E-state index contributed by atoms with van der Waals surface area (Å²) < 4.78 is 17.9. The van der Waals surface area contributed by atoms with Gasteiger partial charge in [0.2, 0.25) is 0 Å². The Balaban J connectivity index is 1.57. The maximum Gasteiger partial charge on any atom is 0.333 e. The SMILES string of the molecule is CC(C)=CC(=O)OC[C@@]12C(CC(C)(C)[C@@H](OC(=O)C=C(C)C)[C@@H]1O)C1=CCC3[C@@]4(C)CC[C@H](O)[C@](C)(COC(=O)C(C)=C(C)C)C4CC[C@@]3(C)[C@]1(C)C[C@H]2O. The summed E-state index contributed by atoms with van der Waals surface area (Å²) in [6.45, 7) is 25.9. The van der Waals surface area contributed by atoms with Crippen molar-refractivity contribution in [3.05, 3.63) is 46.1 Å². The van der Waals surface area contributed by atoms with E-state index in [-0.39, 0.29) is 47.8 Å². The minimum absolute atomic E-state index is 0.106. The van der Waals surface area contributed by atoms with Crippen LogP contribution in [0.5, 0.6) is 0 Å². The average molecular weight is 767 g/mol. The summed E-state index contributed by atoms with van der Waals surface area (Å²) in [5.41, 5.74) is 0.725. The van der Waals surface area contributed by atoms with Gasteiger partial charge in [-0.05, 0) is 127 Å². The van der Waals surface area contributed by atoms with Crippen LogP contribution in [-0.4, -0.2) is 70.9 Å². The Kier molecular flexibility index (Phi) is 11.7. The molecule has 9 nitrogen and oxygen atoms in total. The van der Waals surface area contributed by atoms with E-state index in [0.717, 1.165) is 42.4 Å². The van der Waals surface area contributed by atoms with E-state index < -0.39 is 58.0 Å². The van der Waals surface area contributed by atoms with Crippen molar-refractivity contribution in [2.24, 2.45) is 50.2 Å². The fraction of sp³-hybridized carbons (Fsp3) is 0.761. The summed E-state index contributed by atoms with van der Waals surface area (Å²) in [4.78, 5) is 39.2. The third kappa shape index (κ3) is 7.00. The largest absolute Gasteiger partial charge is 0.462 e. The number of aliphatic hydroxyl groups is 3. The molecule has 4 fully saturated rings. The van der Waals surface area contributed by atoms with E-state index in [9.17, 15) is 29.7 Å². The van der Waals surface area contributed by atoms with Crippen molar-refractivity contribution in [1.82, 2.24) is 0 Å². The number of fused-ring (bicyclic) bond motifs is 7. The Morgan fingerprint density at radius 2 is 1.38 bits per heavy atom. The second-order valence-corrected chi connectivity index (χ2v) is 20.5. The number of ether oxygens (including phenoxy) is 3. The number of rotatable bonds is 8. The zero-order chi connectivity index (χ0) is 41.3. The van der Waals surface area contributed by atoms with Gasteiger partial charge in [0.25, 0.3) is 0 Å². The molecule has 4 saturated carbocycles. The molecule has 0 spiro atoms. The van der Waals surface area contributed by atoms with E-state index in [4.69, 9.17) is 14.2 Å². The molecule has 308 valence electrons. The summed E-state index contributed by atoms with van der Waals surface area (Å²) in [7, 11) is 0. The van der Waals surface area contributed by atoms with Crippen molar-refractivity contribution >= 4 is 17.9 Å². The van der Waals surface area contributed by atoms with Gasteiger partial charge in [-0.15, -0.1) is 0 Å². The van der Waals surface area contributed by atoms with Gasteiger partial charge in [-0.2, -0.15) is 0 Å². The van der Waals surface area contributed by atoms with Crippen molar-refractivity contribution in [3.63, 3.8) is 0 Å². The summed E-state index contributed by atoms with van der Waals surface area (Å²) >= 11 is 0. The maximum atomic E-state index is 13.1. The Hall–Kier alpha value is -2.75. The molecule has 5 aliphatic carbocycles. The first kappa shape index (κ1) is 43.4. The first-order chi connectivity index (χ1) is 25.3. The van der Waals surface area contributed by atoms with Crippen molar-refractivity contribution in [1.29, 1.82) is 0 Å². The van der Waals surface area contributed by atoms with Crippen LogP contribution in [0, 0.1) is 50.2 Å². The number of carbonyl (C=O) groups excluding carboxylic acids is 3. The minimum atomic E-state index is -1.31. The fourth-order valence-electron chi connectivity index (χ4n) is 12.5. The average Bonchev–Trinajstić information content (AvgIpc) is 3.06. The Morgan fingerprint density at radius 1 is 0.764 bits per heavy atom. The Morgan fingerprint density at radius 3 is 1.98 bits per heavy atom. The molecular weight excluding hydrogens is 696 g/mol. The van der Waals surface area contributed by atoms with E-state index in [1.165, 1.54) is 17.7 Å². The minimum Gasteiger partial charge on any atom is -0.462 e. The highest BCUT2D eigenvalue weighted by molar-refractivity contribution is 5.88. The van der Waals surface area contributed by atoms with E-state index in [0.29, 0.717) is 24.8 Å². The van der Waals surface area contributed by atoms with Gasteiger partial charge in [0.05, 0.1) is 24.2 Å². The third-order valence-electron chi connectivity index (χ3n) is 16.0. The molecule has 0 aliphatic heterocycles. The van der Waals surface area contributed by atoms with Crippen LogP contribution in [0.15, 0.2) is 46.1 Å². The number of carbonyl (C=O) groups is 3. The normalized spacial score (nSPS) is 41.4. The topological polar surface area (TPSA) is 140 Å². The molecule has 0 aromatic heterocycles. The number of hydrogen-bond donors (Lipinski definition) is 3. The number of aliphatic hydroxyl groups excluding tert-OH is 3. The zero-order valence-electron chi connectivity index (χ0n) is 35.9. The van der Waals surface area contributed by atoms with Gasteiger partial charge in [0.1, 0.15) is 18.8 Å². The van der Waals surface area contributed by atoms with Gasteiger partial charge < -0.3 is 29.5 Å². The van der Waals surface area contributed by atoms with Crippen molar-refractivity contribution in [2.75, 3.05) is 13.2 Å². The first-order valence-electron chi connectivity index (χ1n) is 20.5. The van der Waals surface area contributed by atoms with E-state index >= 15 is 0 Å². The third-order valence-corrected chi connectivity index (χ3v) is 16.0. The lowest BCUT2D eigenvalue weighted by Crippen LogP contribution is -2.72. The van der Waals surface area contributed by atoms with E-state index in [2.05, 4.69) is 33.8 Å². The highest BCUT2D eigenvalue weighted by atomic mass is 16.6. The van der Waals surface area contributed by atoms with Gasteiger partial charge in [-0.3, -0.25) is 0 Å². The molecule has 12 atom stereocenters. The molecule has 0 saturated heterocycles. The Bertz CT molecular complexity index is 1670. The molecule has 9 heteroatoms. The molecule has 55 heavy (non-hydrogen) atoms. The van der Waals surface area contributed by atoms with Gasteiger partial charge >= 0.3 is 17.9 Å². The predicted octanol–water partition coefficient (Wildman–Crippen LogP) is 7.97. The monoisotopic (exact) mass is 767 g/mol. The van der Waals surface area contributed by atoms with Crippen LogP contribution < -0.4 is 0 Å². The van der Waals surface area contributed by atoms with Crippen LogP contribution in [-0.2, 0) is 28.6 Å². The second kappa shape index (κ2) is 14.9. The molecule has 0 amide bonds. The van der Waals surface area contributed by atoms with Crippen LogP contribution >= 0.6 is 0 Å². The summed E-state index contributed by atoms with van der Waals surface area (Å²) in [6, 6.07) is 0. The van der Waals surface area contributed by atoms with Gasteiger partial charge in [0.15, 0.2) is 0 Å². The van der Waals surface area contributed by atoms with Crippen LogP contribution in [0.4, 0.5) is 0 Å². The lowest BCUT2D eigenvalue weighted by atomic mass is 9.33. The summed E-state index contributed by atoms with van der Waals surface area (Å²) in [5, 5.41) is 36.8. The second-order valence-electron chi connectivity index (χ2n) is 20.5. The molecule has 0 aromatic rings. The van der Waals surface area contributed by atoms with Crippen molar-refractivity contribution in [2.45, 2.75) is 159 Å². The quantitative estimate of drug-likeness (QED) is 0.0972. The molecule has 3 N–H and O–H groups in total. The lowest BCUT2D eigenvalue weighted by molar-refractivity contribution is -0.263. The molecule has 3 unspecified atom stereocenters. The fourth-order valence-corrected chi connectivity index (χ4v) is 12.5. The Labute approximate surface area is 330 Å². The smallest absolute Gasteiger partial charge is 0.333 e. The van der Waals surface area contributed by atoms with E-state index in [1.807, 2.05) is 55.4 Å². The molecule has 0 bridgehead atoms. The highest BCUT2D eigenvalue weighted by Gasteiger charge is 2.73. The van der Waals surface area contributed by atoms with Gasteiger partial charge in [-0.1, -0.05) is 69.9 Å². The lowest BCUT2D eigenvalue weighted by Gasteiger charge is -2.72. The standard InChI is InChI=1S/C46H70O9/c1-26(2)20-36(49)53-25-46-31(22-41(8,9)39(38(46)51)55-37(50)21-27(3)4)30-14-15-33-42(10)18-17-34(47)43(11,24-54-40(52)29(7)28(5)6)32(42)16-19-44(33,12)45(30,13)23-35(46)48/h14,20-21,31-35,38-39,47-48,51H,15-19,22-25H2,1-13H3/t31?,32?,33?,34-,35+,38-,39-,42-,43+,44+,45+,46-/m0/s1. The predicted molar refractivity (Wildman–Crippen MR) is 212 cm³/mol. The first-order valence-corrected chi connectivity index (χ1v) is 20.5. The van der Waals surface area contributed by atoms with Crippen LogP contribution in [0.3, 0.4) is 0 Å². The summed E-state index contributed by atoms with van der Waals surface area (Å²) in [6.07, 6.45) is 6.03. The van der Waals surface area contributed by atoms with Gasteiger partial charge in [0, 0.05) is 28.6 Å². The van der Waals surface area contributed by atoms with Crippen molar-refractivity contribution < 1.29 is 43.9 Å². The molecule has 0 aromatic carbocycles. The zero-order valence-corrected chi connectivity index (χ0v) is 35.9. The maximum absolute atomic E-state index is 13.1. The molecule has 5 rings (SSSR count). The molecule has 5 aliphatic rings. The molecule has 0 heterocycles. The number of allylic oxidation sites excluding steroid dienone is 5. The van der Waals surface area contributed by atoms with E-state index in [1.54, 1.807) is 6.92 Å². The van der Waals surface area contributed by atoms with Crippen molar-refractivity contribution in [3.8, 4) is 0 Å².